The predicted molar refractivity (Wildman–Crippen MR) is 73.8 cm³/mol. The maximum Gasteiger partial charge on any atom is 0.254 e. The number of benzene rings is 1. The second-order valence-electron chi connectivity index (χ2n) is 4.08. The maximum atomic E-state index is 12.2. The molecule has 1 aromatic rings. The predicted octanol–water partition coefficient (Wildman–Crippen LogP) is 1.96. The summed E-state index contributed by atoms with van der Waals surface area (Å²) in [7, 11) is 1.61. The van der Waals surface area contributed by atoms with E-state index in [-0.39, 0.29) is 11.7 Å². The van der Waals surface area contributed by atoms with Crippen molar-refractivity contribution in [1.82, 2.24) is 4.90 Å². The number of hydrogen-bond donors (Lipinski definition) is 2. The summed E-state index contributed by atoms with van der Waals surface area (Å²) >= 11 is 3.38. The van der Waals surface area contributed by atoms with Gasteiger partial charge >= 0.3 is 0 Å². The topological polar surface area (TPSA) is 78.9 Å². The third-order valence-corrected chi connectivity index (χ3v) is 3.72. The molecule has 0 aliphatic heterocycles. The lowest BCUT2D eigenvalue weighted by Crippen LogP contribution is -2.43. The number of nitrogens with two attached hydrogens (primary N) is 1. The van der Waals surface area contributed by atoms with Crippen LogP contribution in [-0.2, 0) is 0 Å². The number of amidine groups is 1. The van der Waals surface area contributed by atoms with Crippen molar-refractivity contribution < 1.29 is 10.0 Å². The van der Waals surface area contributed by atoms with E-state index in [4.69, 9.17) is 10.9 Å². The Balaban J connectivity index is 2.96. The minimum absolute atomic E-state index is 0.00275. The van der Waals surface area contributed by atoms with Crippen molar-refractivity contribution >= 4 is 27.7 Å². The highest BCUT2D eigenvalue weighted by molar-refractivity contribution is 9.10. The maximum absolute atomic E-state index is 12.2. The third-order valence-electron chi connectivity index (χ3n) is 2.86. The second-order valence-corrected chi connectivity index (χ2v) is 4.94. The van der Waals surface area contributed by atoms with Crippen LogP contribution in [0.5, 0.6) is 0 Å². The minimum Gasteiger partial charge on any atom is -0.409 e. The van der Waals surface area contributed by atoms with Gasteiger partial charge < -0.3 is 15.8 Å². The smallest absolute Gasteiger partial charge is 0.254 e. The van der Waals surface area contributed by atoms with Crippen LogP contribution in [0.15, 0.2) is 27.8 Å². The van der Waals surface area contributed by atoms with Crippen LogP contribution in [0.1, 0.15) is 22.8 Å². The van der Waals surface area contributed by atoms with Gasteiger partial charge in [0.15, 0.2) is 5.84 Å². The molecule has 1 aromatic carbocycles. The number of aryl methyl sites for hydroxylation is 1. The Morgan fingerprint density at radius 3 is 2.67 bits per heavy atom. The van der Waals surface area contributed by atoms with Crippen molar-refractivity contribution in [3.63, 3.8) is 0 Å². The van der Waals surface area contributed by atoms with Gasteiger partial charge in [0.05, 0.1) is 6.04 Å². The van der Waals surface area contributed by atoms with Gasteiger partial charge in [0.1, 0.15) is 0 Å². The van der Waals surface area contributed by atoms with Crippen molar-refractivity contribution in [3.05, 3.63) is 33.8 Å². The van der Waals surface area contributed by atoms with Crippen LogP contribution >= 0.6 is 15.9 Å². The molecule has 0 radical (unpaired) electrons. The van der Waals surface area contributed by atoms with Crippen molar-refractivity contribution in [2.75, 3.05) is 7.05 Å². The van der Waals surface area contributed by atoms with Gasteiger partial charge in [-0.05, 0) is 31.5 Å². The highest BCUT2D eigenvalue weighted by Gasteiger charge is 2.20. The number of halogens is 1. The average molecular weight is 314 g/mol. The van der Waals surface area contributed by atoms with E-state index in [1.54, 1.807) is 26.1 Å². The summed E-state index contributed by atoms with van der Waals surface area (Å²) in [5, 5.41) is 11.5. The Morgan fingerprint density at radius 1 is 1.56 bits per heavy atom. The molecule has 98 valence electrons. The van der Waals surface area contributed by atoms with Gasteiger partial charge in [-0.1, -0.05) is 27.2 Å². The van der Waals surface area contributed by atoms with Gasteiger partial charge in [0.25, 0.3) is 5.91 Å². The molecule has 0 aromatic heterocycles. The van der Waals surface area contributed by atoms with E-state index in [0.29, 0.717) is 5.56 Å². The fraction of sp³-hybridized carbons (Fsp3) is 0.333. The number of amides is 1. The van der Waals surface area contributed by atoms with Gasteiger partial charge in [-0.3, -0.25) is 4.79 Å². The average Bonchev–Trinajstić information content (AvgIpc) is 2.38. The quantitative estimate of drug-likeness (QED) is 0.387. The lowest BCUT2D eigenvalue weighted by molar-refractivity contribution is 0.0776. The number of nitrogens with zero attached hydrogens (tertiary/aromatic N) is 2. The number of hydrogen-bond acceptors (Lipinski definition) is 3. The van der Waals surface area contributed by atoms with Gasteiger partial charge in [-0.2, -0.15) is 0 Å². The molecule has 0 saturated heterocycles. The Bertz CT molecular complexity index is 488. The van der Waals surface area contributed by atoms with Crippen LogP contribution in [0.2, 0.25) is 0 Å². The first-order chi connectivity index (χ1) is 8.38. The zero-order chi connectivity index (χ0) is 13.9. The van der Waals surface area contributed by atoms with E-state index in [9.17, 15) is 4.79 Å². The molecule has 0 saturated carbocycles. The van der Waals surface area contributed by atoms with Crippen LogP contribution in [0, 0.1) is 6.92 Å². The van der Waals surface area contributed by atoms with Gasteiger partial charge in [0.2, 0.25) is 0 Å². The molecule has 1 unspecified atom stereocenters. The molecular formula is C12H16BrN3O2. The van der Waals surface area contributed by atoms with E-state index < -0.39 is 6.04 Å². The highest BCUT2D eigenvalue weighted by atomic mass is 79.9. The fourth-order valence-corrected chi connectivity index (χ4v) is 1.77. The molecule has 1 amide bonds. The van der Waals surface area contributed by atoms with Crippen LogP contribution in [0.25, 0.3) is 0 Å². The molecule has 0 spiro atoms. The largest absolute Gasteiger partial charge is 0.409 e. The fourth-order valence-electron chi connectivity index (χ4n) is 1.39. The summed E-state index contributed by atoms with van der Waals surface area (Å²) < 4.78 is 0.873. The first-order valence-corrected chi connectivity index (χ1v) is 6.18. The molecule has 0 fully saturated rings. The third kappa shape index (κ3) is 3.01. The molecule has 0 heterocycles. The van der Waals surface area contributed by atoms with E-state index in [0.717, 1.165) is 10.0 Å². The number of carbonyl (C=O) groups excluding carboxylic acids is 1. The second kappa shape index (κ2) is 5.86. The summed E-state index contributed by atoms with van der Waals surface area (Å²) in [5.41, 5.74) is 7.09. The first kappa shape index (κ1) is 14.5. The van der Waals surface area contributed by atoms with Gasteiger partial charge in [-0.15, -0.1) is 0 Å². The molecule has 3 N–H and O–H groups in total. The summed E-state index contributed by atoms with van der Waals surface area (Å²) in [4.78, 5) is 13.6. The number of likely N-dealkylation sites (N-methyl/N-ethyl adjacent to an activating group) is 1. The number of oxime groups is 1. The van der Waals surface area contributed by atoms with E-state index in [1.807, 2.05) is 13.0 Å². The molecule has 1 rings (SSSR count). The standard InChI is InChI=1S/C12H16BrN3O2/c1-7-4-5-9(6-10(7)13)12(17)16(3)8(2)11(14)15-18/h4-6,8,18H,1-3H3,(H2,14,15). The van der Waals surface area contributed by atoms with Crippen molar-refractivity contribution in [3.8, 4) is 0 Å². The SMILES string of the molecule is Cc1ccc(C(=O)N(C)C(C)/C(N)=N/O)cc1Br. The number of carbonyl (C=O) groups is 1. The normalized spacial score (nSPS) is 13.2. The van der Waals surface area contributed by atoms with Crippen LogP contribution in [0.3, 0.4) is 0 Å². The Morgan fingerprint density at radius 2 is 2.17 bits per heavy atom. The van der Waals surface area contributed by atoms with Gasteiger partial charge in [-0.25, -0.2) is 0 Å². The van der Waals surface area contributed by atoms with E-state index in [2.05, 4.69) is 21.1 Å². The van der Waals surface area contributed by atoms with Crippen molar-refractivity contribution in [1.29, 1.82) is 0 Å². The van der Waals surface area contributed by atoms with E-state index in [1.165, 1.54) is 4.90 Å². The van der Waals surface area contributed by atoms with Crippen LogP contribution < -0.4 is 5.73 Å². The summed E-state index contributed by atoms with van der Waals surface area (Å²) in [6, 6.07) is 4.90. The molecular weight excluding hydrogens is 298 g/mol. The lowest BCUT2D eigenvalue weighted by Gasteiger charge is -2.24. The zero-order valence-electron chi connectivity index (χ0n) is 10.5. The monoisotopic (exact) mass is 313 g/mol. The lowest BCUT2D eigenvalue weighted by atomic mass is 10.1. The zero-order valence-corrected chi connectivity index (χ0v) is 12.1. The van der Waals surface area contributed by atoms with Gasteiger partial charge in [0, 0.05) is 17.1 Å². The summed E-state index contributed by atoms with van der Waals surface area (Å²) in [5.74, 6) is -0.188. The highest BCUT2D eigenvalue weighted by Crippen LogP contribution is 2.18. The Labute approximate surface area is 114 Å². The number of rotatable bonds is 3. The van der Waals surface area contributed by atoms with Crippen LogP contribution in [0.4, 0.5) is 0 Å². The molecule has 5 nitrogen and oxygen atoms in total. The molecule has 1 atom stereocenters. The van der Waals surface area contributed by atoms with Crippen molar-refractivity contribution in [2.45, 2.75) is 19.9 Å². The Hall–Kier alpha value is -1.56. The molecule has 0 bridgehead atoms. The first-order valence-electron chi connectivity index (χ1n) is 5.39. The molecule has 0 aliphatic carbocycles. The Kier molecular flexibility index (Phi) is 4.72. The van der Waals surface area contributed by atoms with Crippen molar-refractivity contribution in [2.24, 2.45) is 10.9 Å². The molecule has 6 heteroatoms. The molecule has 18 heavy (non-hydrogen) atoms. The summed E-state index contributed by atoms with van der Waals surface area (Å²) in [6.07, 6.45) is 0. The van der Waals surface area contributed by atoms with Crippen LogP contribution in [-0.4, -0.2) is 34.9 Å². The summed E-state index contributed by atoms with van der Waals surface area (Å²) in [6.45, 7) is 3.64. The molecule has 0 aliphatic rings. The van der Waals surface area contributed by atoms with E-state index >= 15 is 0 Å². The minimum atomic E-state index is -0.470.